The summed E-state index contributed by atoms with van der Waals surface area (Å²) in [7, 11) is 4.23. The van der Waals surface area contributed by atoms with Gasteiger partial charge in [-0.1, -0.05) is 6.58 Å². The first-order valence-corrected chi connectivity index (χ1v) is 10.9. The van der Waals surface area contributed by atoms with Gasteiger partial charge < -0.3 is 20.0 Å². The largest absolute Gasteiger partial charge is 0.325 e. The lowest BCUT2D eigenvalue weighted by Gasteiger charge is -2.40. The van der Waals surface area contributed by atoms with Crippen LogP contribution in [-0.2, 0) is 4.79 Å². The van der Waals surface area contributed by atoms with E-state index in [-0.39, 0.29) is 11.9 Å². The zero-order valence-electron chi connectivity index (χ0n) is 17.3. The molecule has 2 aliphatic heterocycles. The first kappa shape index (κ1) is 21.7. The summed E-state index contributed by atoms with van der Waals surface area (Å²) >= 11 is 1.69. The van der Waals surface area contributed by atoms with Gasteiger partial charge in [0.05, 0.1) is 0 Å². The molecule has 2 saturated heterocycles. The van der Waals surface area contributed by atoms with E-state index in [1.807, 2.05) is 34.1 Å². The van der Waals surface area contributed by atoms with Gasteiger partial charge >= 0.3 is 6.03 Å². The molecule has 1 N–H and O–H groups in total. The van der Waals surface area contributed by atoms with Crippen molar-refractivity contribution in [3.8, 4) is 0 Å². The van der Waals surface area contributed by atoms with Gasteiger partial charge in [0.2, 0.25) is 5.91 Å². The summed E-state index contributed by atoms with van der Waals surface area (Å²) in [6.45, 7) is 8.37. The Bertz CT molecular complexity index is 708. The molecule has 158 valence electrons. The lowest BCUT2D eigenvalue weighted by molar-refractivity contribution is -0.111. The Kier molecular flexibility index (Phi) is 7.57. The highest BCUT2D eigenvalue weighted by Crippen LogP contribution is 2.26. The Morgan fingerprint density at radius 1 is 1.03 bits per heavy atom. The molecule has 0 aliphatic carbocycles. The van der Waals surface area contributed by atoms with E-state index in [9.17, 15) is 9.59 Å². The molecule has 2 fully saturated rings. The van der Waals surface area contributed by atoms with Gasteiger partial charge in [0.1, 0.15) is 0 Å². The number of hydrogen-bond acceptors (Lipinski definition) is 5. The Morgan fingerprint density at radius 2 is 1.62 bits per heavy atom. The van der Waals surface area contributed by atoms with E-state index in [2.05, 4.69) is 35.2 Å². The van der Waals surface area contributed by atoms with Crippen LogP contribution in [0.25, 0.3) is 0 Å². The fourth-order valence-corrected chi connectivity index (χ4v) is 4.59. The second-order valence-corrected chi connectivity index (χ2v) is 8.86. The highest BCUT2D eigenvalue weighted by Gasteiger charge is 2.29. The molecule has 0 spiro atoms. The average molecular weight is 418 g/mol. The van der Waals surface area contributed by atoms with Crippen LogP contribution in [0, 0.1) is 0 Å². The highest BCUT2D eigenvalue weighted by molar-refractivity contribution is 7.97. The average Bonchev–Trinajstić information content (AvgIpc) is 2.75. The van der Waals surface area contributed by atoms with Crippen LogP contribution in [0.15, 0.2) is 41.8 Å². The summed E-state index contributed by atoms with van der Waals surface area (Å²) in [5.74, 6) is -0.211. The van der Waals surface area contributed by atoms with E-state index in [1.165, 1.54) is 6.08 Å². The number of likely N-dealkylation sites (tertiary alicyclic amines) is 1. The van der Waals surface area contributed by atoms with Gasteiger partial charge in [-0.3, -0.25) is 4.79 Å². The first-order valence-electron chi connectivity index (χ1n) is 10.1. The predicted molar refractivity (Wildman–Crippen MR) is 118 cm³/mol. The number of rotatable bonds is 5. The van der Waals surface area contributed by atoms with Crippen molar-refractivity contribution >= 4 is 29.6 Å². The molecule has 0 radical (unpaired) electrons. The van der Waals surface area contributed by atoms with E-state index in [0.29, 0.717) is 6.04 Å². The van der Waals surface area contributed by atoms with Gasteiger partial charge in [-0.15, -0.1) is 0 Å². The summed E-state index contributed by atoms with van der Waals surface area (Å²) in [4.78, 5) is 31.5. The first-order chi connectivity index (χ1) is 14.0. The van der Waals surface area contributed by atoms with Crippen LogP contribution in [-0.4, -0.2) is 90.3 Å². The van der Waals surface area contributed by atoms with Gasteiger partial charge in [0.25, 0.3) is 0 Å². The zero-order valence-corrected chi connectivity index (χ0v) is 18.2. The Hall–Kier alpha value is -2.03. The van der Waals surface area contributed by atoms with Crippen molar-refractivity contribution in [3.05, 3.63) is 36.9 Å². The minimum Gasteiger partial charge on any atom is -0.325 e. The number of urea groups is 1. The molecule has 0 bridgehead atoms. The third-order valence-corrected chi connectivity index (χ3v) is 6.62. The van der Waals surface area contributed by atoms with Crippen LogP contribution in [0.3, 0.4) is 0 Å². The van der Waals surface area contributed by atoms with Gasteiger partial charge in [-0.05, 0) is 69.2 Å². The molecule has 3 amide bonds. The monoisotopic (exact) mass is 417 g/mol. The Balaban J connectivity index is 1.43. The number of amides is 3. The molecule has 2 heterocycles. The molecular formula is C21H31N5O2S. The highest BCUT2D eigenvalue weighted by atomic mass is 32.2. The number of benzene rings is 1. The molecular weight excluding hydrogens is 386 g/mol. The normalized spacial score (nSPS) is 18.7. The van der Waals surface area contributed by atoms with E-state index in [1.54, 1.807) is 11.9 Å². The molecule has 0 saturated carbocycles. The van der Waals surface area contributed by atoms with Crippen molar-refractivity contribution in [3.63, 3.8) is 0 Å². The van der Waals surface area contributed by atoms with Crippen LogP contribution in [0.1, 0.15) is 12.8 Å². The minimum atomic E-state index is -0.211. The van der Waals surface area contributed by atoms with Gasteiger partial charge in [0.15, 0.2) is 0 Å². The lowest BCUT2D eigenvalue weighted by atomic mass is 10.0. The summed E-state index contributed by atoms with van der Waals surface area (Å²) in [5, 5.41) is 2.75. The smallest absolute Gasteiger partial charge is 0.320 e. The molecule has 7 nitrogen and oxygen atoms in total. The van der Waals surface area contributed by atoms with Crippen LogP contribution >= 0.6 is 11.9 Å². The maximum absolute atomic E-state index is 12.8. The molecule has 3 rings (SSSR count). The van der Waals surface area contributed by atoms with Crippen molar-refractivity contribution in [2.45, 2.75) is 23.8 Å². The van der Waals surface area contributed by atoms with Crippen LogP contribution in [0.4, 0.5) is 10.5 Å². The quantitative estimate of drug-likeness (QED) is 0.589. The third kappa shape index (κ3) is 5.98. The minimum absolute atomic E-state index is 0.189. The zero-order chi connectivity index (χ0) is 20.8. The summed E-state index contributed by atoms with van der Waals surface area (Å²) in [6, 6.07) is 8.55. The van der Waals surface area contributed by atoms with E-state index >= 15 is 0 Å². The molecule has 29 heavy (non-hydrogen) atoms. The number of carbonyl (C=O) groups excluding carboxylic acids is 2. The van der Waals surface area contributed by atoms with Crippen molar-refractivity contribution in [2.75, 3.05) is 58.7 Å². The second kappa shape index (κ2) is 10.1. The standard InChI is InChI=1S/C21H31N5O2S/c1-4-20(27)22-17-5-7-19(8-6-17)29-26-15-13-25(14-16-26)21(28)24-11-9-18(10-12-24)23(2)3/h4-8,18H,1,9-16H2,2-3H3,(H,22,27). The molecule has 1 aromatic rings. The number of carbonyl (C=O) groups is 2. The van der Waals surface area contributed by atoms with Gasteiger partial charge in [-0.2, -0.15) is 0 Å². The number of piperazine rings is 1. The summed E-state index contributed by atoms with van der Waals surface area (Å²) < 4.78 is 2.29. The van der Waals surface area contributed by atoms with E-state index in [4.69, 9.17) is 0 Å². The van der Waals surface area contributed by atoms with Crippen molar-refractivity contribution < 1.29 is 9.59 Å². The Labute approximate surface area is 177 Å². The summed E-state index contributed by atoms with van der Waals surface area (Å²) in [5.41, 5.74) is 0.757. The number of piperidine rings is 1. The van der Waals surface area contributed by atoms with Crippen LogP contribution < -0.4 is 5.32 Å². The number of nitrogens with zero attached hydrogens (tertiary/aromatic N) is 4. The molecule has 8 heteroatoms. The number of hydrogen-bond donors (Lipinski definition) is 1. The van der Waals surface area contributed by atoms with Gasteiger partial charge in [-0.25, -0.2) is 9.10 Å². The van der Waals surface area contributed by atoms with Gasteiger partial charge in [0, 0.05) is 55.9 Å². The maximum Gasteiger partial charge on any atom is 0.320 e. The molecule has 1 aromatic carbocycles. The maximum atomic E-state index is 12.8. The van der Waals surface area contributed by atoms with E-state index in [0.717, 1.165) is 62.7 Å². The fourth-order valence-electron chi connectivity index (χ4n) is 3.69. The molecule has 2 aliphatic rings. The number of anilines is 1. The van der Waals surface area contributed by atoms with Crippen LogP contribution in [0.2, 0.25) is 0 Å². The second-order valence-electron chi connectivity index (χ2n) is 7.69. The van der Waals surface area contributed by atoms with E-state index < -0.39 is 0 Å². The lowest BCUT2D eigenvalue weighted by Crippen LogP contribution is -2.54. The molecule has 0 unspecified atom stereocenters. The number of nitrogens with one attached hydrogen (secondary N) is 1. The summed E-state index contributed by atoms with van der Waals surface area (Å²) in [6.07, 6.45) is 3.36. The van der Waals surface area contributed by atoms with Crippen LogP contribution in [0.5, 0.6) is 0 Å². The fraction of sp³-hybridized carbons (Fsp3) is 0.524. The molecule has 0 aromatic heterocycles. The topological polar surface area (TPSA) is 59.1 Å². The predicted octanol–water partition coefficient (Wildman–Crippen LogP) is 2.58. The third-order valence-electron chi connectivity index (χ3n) is 5.52. The SMILES string of the molecule is C=CC(=O)Nc1ccc(SN2CCN(C(=O)N3CCC(N(C)C)CC3)CC2)cc1. The molecule has 0 atom stereocenters. The van der Waals surface area contributed by atoms with Crippen molar-refractivity contribution in [2.24, 2.45) is 0 Å². The Morgan fingerprint density at radius 3 is 2.17 bits per heavy atom. The van der Waals surface area contributed by atoms with Crippen molar-refractivity contribution in [1.29, 1.82) is 0 Å². The van der Waals surface area contributed by atoms with Crippen molar-refractivity contribution in [1.82, 2.24) is 19.0 Å².